The second-order valence-electron chi connectivity index (χ2n) is 8.45. The molecule has 12 heteroatoms. The van der Waals surface area contributed by atoms with Gasteiger partial charge in [-0.1, -0.05) is 18.2 Å². The van der Waals surface area contributed by atoms with Crippen LogP contribution in [-0.4, -0.2) is 65.9 Å². The summed E-state index contributed by atoms with van der Waals surface area (Å²) >= 11 is -2.34. The lowest BCUT2D eigenvalue weighted by Crippen LogP contribution is -2.48. The van der Waals surface area contributed by atoms with Gasteiger partial charge in [-0.3, -0.25) is 14.1 Å². The summed E-state index contributed by atoms with van der Waals surface area (Å²) in [6.07, 6.45) is 1.64. The highest BCUT2D eigenvalue weighted by molar-refractivity contribution is 7.77. The SMILES string of the molecule is CC(=O)N1CCN(c2ccc(Nc3nc(-c4cccc(CNS(=O)[O-])c4)nc4cn[nH]c34)cc2)CC1. The number of hydrogen-bond donors (Lipinski definition) is 3. The Balaban J connectivity index is 1.36. The van der Waals surface area contributed by atoms with Crippen LogP contribution in [0.25, 0.3) is 22.4 Å². The molecule has 36 heavy (non-hydrogen) atoms. The number of amides is 1. The number of carbonyl (C=O) groups excluding carboxylic acids is 1. The Kier molecular flexibility index (Phi) is 6.89. The van der Waals surface area contributed by atoms with E-state index in [1.807, 2.05) is 41.3 Å². The van der Waals surface area contributed by atoms with Gasteiger partial charge in [0.1, 0.15) is 11.0 Å². The van der Waals surface area contributed by atoms with Gasteiger partial charge in [-0.15, -0.1) is 0 Å². The summed E-state index contributed by atoms with van der Waals surface area (Å²) in [5, 5.41) is 10.4. The number of nitrogens with zero attached hydrogens (tertiary/aromatic N) is 5. The van der Waals surface area contributed by atoms with Crippen molar-refractivity contribution in [3.8, 4) is 11.4 Å². The van der Waals surface area contributed by atoms with E-state index in [0.29, 0.717) is 22.7 Å². The fraction of sp³-hybridized carbons (Fsp3) is 0.250. The molecule has 11 nitrogen and oxygen atoms in total. The molecule has 3 heterocycles. The fourth-order valence-electron chi connectivity index (χ4n) is 4.19. The van der Waals surface area contributed by atoms with Gasteiger partial charge in [-0.05, 0) is 35.9 Å². The Hall–Kier alpha value is -3.87. The van der Waals surface area contributed by atoms with Gasteiger partial charge >= 0.3 is 0 Å². The number of aromatic amines is 1. The zero-order valence-corrected chi connectivity index (χ0v) is 20.4. The maximum absolute atomic E-state index is 11.6. The van der Waals surface area contributed by atoms with Crippen LogP contribution in [0, 0.1) is 0 Å². The second kappa shape index (κ2) is 10.4. The largest absolute Gasteiger partial charge is 0.760 e. The zero-order chi connectivity index (χ0) is 25.1. The van der Waals surface area contributed by atoms with E-state index in [9.17, 15) is 13.6 Å². The van der Waals surface area contributed by atoms with Gasteiger partial charge in [0.25, 0.3) is 0 Å². The van der Waals surface area contributed by atoms with Crippen molar-refractivity contribution >= 4 is 45.4 Å². The van der Waals surface area contributed by atoms with Crippen LogP contribution in [0.4, 0.5) is 17.2 Å². The van der Waals surface area contributed by atoms with Crippen LogP contribution in [0.1, 0.15) is 12.5 Å². The first-order valence-electron chi connectivity index (χ1n) is 11.5. The molecule has 0 radical (unpaired) electrons. The molecule has 3 N–H and O–H groups in total. The standard InChI is InChI=1S/C24H26N8O3S/c1-16(33)31-9-11-32(12-10-31)20-7-5-19(6-8-20)27-24-22-21(15-25-30-22)28-23(29-24)18-4-2-3-17(13-18)14-26-36(34)35/h2-8,13,15,26H,9-12,14H2,1H3,(H,25,30)(H,34,35)(H,27,28,29)/p-1. The molecule has 186 valence electrons. The van der Waals surface area contributed by atoms with E-state index >= 15 is 0 Å². The monoisotopic (exact) mass is 505 g/mol. The summed E-state index contributed by atoms with van der Waals surface area (Å²) in [7, 11) is 0. The predicted molar refractivity (Wildman–Crippen MR) is 137 cm³/mol. The number of anilines is 3. The number of carbonyl (C=O) groups is 1. The maximum atomic E-state index is 11.6. The molecule has 4 aromatic rings. The molecule has 0 spiro atoms. The Morgan fingerprint density at radius 3 is 2.61 bits per heavy atom. The molecule has 2 aromatic heterocycles. The third-order valence-corrected chi connectivity index (χ3v) is 6.48. The minimum atomic E-state index is -2.34. The molecule has 2 aromatic carbocycles. The van der Waals surface area contributed by atoms with Crippen molar-refractivity contribution in [2.24, 2.45) is 0 Å². The van der Waals surface area contributed by atoms with E-state index in [4.69, 9.17) is 4.98 Å². The molecular formula is C24H25N8O3S-. The van der Waals surface area contributed by atoms with Crippen LogP contribution < -0.4 is 14.9 Å². The molecule has 1 amide bonds. The van der Waals surface area contributed by atoms with Crippen molar-refractivity contribution in [3.05, 3.63) is 60.3 Å². The predicted octanol–water partition coefficient (Wildman–Crippen LogP) is 2.32. The van der Waals surface area contributed by atoms with Gasteiger partial charge in [0.05, 0.1) is 6.20 Å². The lowest BCUT2D eigenvalue weighted by molar-refractivity contribution is -0.129. The Morgan fingerprint density at radius 1 is 1.11 bits per heavy atom. The molecule has 1 saturated heterocycles. The highest BCUT2D eigenvalue weighted by Crippen LogP contribution is 2.27. The summed E-state index contributed by atoms with van der Waals surface area (Å²) < 4.78 is 24.1. The van der Waals surface area contributed by atoms with Crippen LogP contribution in [0.3, 0.4) is 0 Å². The number of hydrogen-bond acceptors (Lipinski definition) is 8. The number of nitrogens with one attached hydrogen (secondary N) is 3. The van der Waals surface area contributed by atoms with Gasteiger partial charge in [0.2, 0.25) is 5.91 Å². The van der Waals surface area contributed by atoms with Crippen LogP contribution in [0.5, 0.6) is 0 Å². The Morgan fingerprint density at radius 2 is 1.89 bits per heavy atom. The van der Waals surface area contributed by atoms with Crippen molar-refractivity contribution < 1.29 is 13.6 Å². The van der Waals surface area contributed by atoms with E-state index < -0.39 is 11.3 Å². The summed E-state index contributed by atoms with van der Waals surface area (Å²) in [5.41, 5.74) is 4.86. The topological polar surface area (TPSA) is 142 Å². The summed E-state index contributed by atoms with van der Waals surface area (Å²) in [6.45, 7) is 4.84. The molecule has 1 fully saturated rings. The molecule has 0 saturated carbocycles. The maximum Gasteiger partial charge on any atom is 0.219 e. The molecule has 0 aliphatic carbocycles. The minimum Gasteiger partial charge on any atom is -0.760 e. The average Bonchev–Trinajstić information content (AvgIpc) is 3.37. The van der Waals surface area contributed by atoms with Gasteiger partial charge < -0.3 is 19.7 Å². The first-order valence-corrected chi connectivity index (χ1v) is 12.5. The van der Waals surface area contributed by atoms with Gasteiger partial charge in [0.15, 0.2) is 11.6 Å². The summed E-state index contributed by atoms with van der Waals surface area (Å²) in [4.78, 5) is 25.1. The summed E-state index contributed by atoms with van der Waals surface area (Å²) in [5.74, 6) is 1.20. The molecular weight excluding hydrogens is 480 g/mol. The molecule has 1 atom stereocenters. The van der Waals surface area contributed by atoms with E-state index in [0.717, 1.165) is 48.7 Å². The third-order valence-electron chi connectivity index (χ3n) is 6.10. The molecule has 0 bridgehead atoms. The molecule has 1 unspecified atom stereocenters. The van der Waals surface area contributed by atoms with E-state index in [-0.39, 0.29) is 12.5 Å². The number of aromatic nitrogens is 4. The van der Waals surface area contributed by atoms with Crippen molar-refractivity contribution in [2.75, 3.05) is 36.4 Å². The van der Waals surface area contributed by atoms with Gasteiger partial charge in [-0.2, -0.15) is 5.10 Å². The average molecular weight is 506 g/mol. The number of H-pyrrole nitrogens is 1. The fourth-order valence-corrected chi connectivity index (χ4v) is 4.48. The lowest BCUT2D eigenvalue weighted by atomic mass is 10.1. The van der Waals surface area contributed by atoms with Gasteiger partial charge in [0, 0.05) is 67.9 Å². The second-order valence-corrected chi connectivity index (χ2v) is 9.21. The van der Waals surface area contributed by atoms with E-state index in [1.54, 1.807) is 13.1 Å². The summed E-state index contributed by atoms with van der Waals surface area (Å²) in [6, 6.07) is 15.5. The van der Waals surface area contributed by atoms with E-state index in [1.165, 1.54) is 0 Å². The zero-order valence-electron chi connectivity index (χ0n) is 19.6. The van der Waals surface area contributed by atoms with Crippen LogP contribution >= 0.6 is 0 Å². The number of benzene rings is 2. The van der Waals surface area contributed by atoms with Crippen LogP contribution in [-0.2, 0) is 22.6 Å². The number of fused-ring (bicyclic) bond motifs is 1. The van der Waals surface area contributed by atoms with Crippen molar-refractivity contribution in [3.63, 3.8) is 0 Å². The molecule has 5 rings (SSSR count). The van der Waals surface area contributed by atoms with Crippen LogP contribution in [0.2, 0.25) is 0 Å². The van der Waals surface area contributed by atoms with Crippen molar-refractivity contribution in [2.45, 2.75) is 13.5 Å². The van der Waals surface area contributed by atoms with Crippen molar-refractivity contribution in [1.29, 1.82) is 0 Å². The van der Waals surface area contributed by atoms with Crippen LogP contribution in [0.15, 0.2) is 54.7 Å². The smallest absolute Gasteiger partial charge is 0.219 e. The number of piperazine rings is 1. The van der Waals surface area contributed by atoms with Crippen molar-refractivity contribution in [1.82, 2.24) is 29.8 Å². The Labute approximate surface area is 210 Å². The van der Waals surface area contributed by atoms with Gasteiger partial charge in [-0.25, -0.2) is 14.7 Å². The molecule has 1 aliphatic heterocycles. The highest BCUT2D eigenvalue weighted by atomic mass is 32.2. The highest BCUT2D eigenvalue weighted by Gasteiger charge is 2.19. The first-order chi connectivity index (χ1) is 17.5. The Bertz CT molecular complexity index is 1400. The normalized spacial score (nSPS) is 14.7. The quantitative estimate of drug-likeness (QED) is 0.325. The lowest BCUT2D eigenvalue weighted by Gasteiger charge is -2.35. The third kappa shape index (κ3) is 5.35. The minimum absolute atomic E-state index is 0.117. The van der Waals surface area contributed by atoms with E-state index in [2.05, 4.69) is 42.3 Å². The molecule has 1 aliphatic rings. The first kappa shape index (κ1) is 23.9. The number of rotatable bonds is 7.